The number of hydrogen-bond donors (Lipinski definition) is 1. The first-order valence-electron chi connectivity index (χ1n) is 7.99. The van der Waals surface area contributed by atoms with Crippen molar-refractivity contribution in [3.63, 3.8) is 0 Å². The Kier molecular flexibility index (Phi) is 2.88. The van der Waals surface area contributed by atoms with Crippen molar-refractivity contribution in [3.8, 4) is 5.75 Å². The number of fused-ring (bicyclic) bond motifs is 3. The molecule has 0 radical (unpaired) electrons. The molecule has 1 aromatic carbocycles. The molecule has 4 nitrogen and oxygen atoms in total. The van der Waals surface area contributed by atoms with Crippen LogP contribution >= 0.6 is 0 Å². The minimum absolute atomic E-state index is 0.429. The Morgan fingerprint density at radius 2 is 2.19 bits per heavy atom. The molecule has 1 aromatic heterocycles. The van der Waals surface area contributed by atoms with Crippen LogP contribution in [-0.2, 0) is 0 Å². The fourth-order valence-corrected chi connectivity index (χ4v) is 4.73. The lowest BCUT2D eigenvalue weighted by molar-refractivity contribution is 0.248. The van der Waals surface area contributed by atoms with Gasteiger partial charge in [0, 0.05) is 12.1 Å². The van der Waals surface area contributed by atoms with Crippen LogP contribution in [0.1, 0.15) is 38.6 Å². The molecule has 2 aliphatic carbocycles. The summed E-state index contributed by atoms with van der Waals surface area (Å²) in [5.74, 6) is 4.07. The molecular weight excluding hydrogens is 262 g/mol. The topological polar surface area (TPSA) is 53.1 Å². The standard InChI is InChI=1S/C17H23N3O/c1-10(14-8-11-3-4-12(14)7-11)20-16-6-5-13(21-2)9-15(16)19-17(20)18/h5-6,9-12,14H,3-4,7-8H2,1-2H3,(H2,18,19). The molecule has 0 saturated heterocycles. The third-order valence-electron chi connectivity index (χ3n) is 5.74. The van der Waals surface area contributed by atoms with E-state index in [0.717, 1.165) is 34.5 Å². The summed E-state index contributed by atoms with van der Waals surface area (Å²) in [5, 5.41) is 0. The summed E-state index contributed by atoms with van der Waals surface area (Å²) in [6.07, 6.45) is 5.63. The minimum Gasteiger partial charge on any atom is -0.497 e. The first-order valence-corrected chi connectivity index (χ1v) is 7.99. The Morgan fingerprint density at radius 1 is 1.33 bits per heavy atom. The van der Waals surface area contributed by atoms with Gasteiger partial charge in [0.15, 0.2) is 0 Å². The predicted octanol–water partition coefficient (Wildman–Crippen LogP) is 3.62. The van der Waals surface area contributed by atoms with E-state index in [1.807, 2.05) is 12.1 Å². The van der Waals surface area contributed by atoms with Crippen LogP contribution in [0.5, 0.6) is 5.75 Å². The number of nitrogens with zero attached hydrogens (tertiary/aromatic N) is 2. The summed E-state index contributed by atoms with van der Waals surface area (Å²) in [7, 11) is 1.68. The first kappa shape index (κ1) is 13.0. The molecule has 4 heteroatoms. The Labute approximate surface area is 125 Å². The third-order valence-corrected chi connectivity index (χ3v) is 5.74. The number of imidazole rings is 1. The highest BCUT2D eigenvalue weighted by Crippen LogP contribution is 2.52. The molecule has 2 bridgehead atoms. The summed E-state index contributed by atoms with van der Waals surface area (Å²) in [5.41, 5.74) is 8.28. The van der Waals surface area contributed by atoms with E-state index < -0.39 is 0 Å². The van der Waals surface area contributed by atoms with Gasteiger partial charge in [-0.3, -0.25) is 0 Å². The first-order chi connectivity index (χ1) is 10.2. The van der Waals surface area contributed by atoms with E-state index in [1.54, 1.807) is 7.11 Å². The maximum Gasteiger partial charge on any atom is 0.201 e. The zero-order chi connectivity index (χ0) is 14.6. The van der Waals surface area contributed by atoms with E-state index in [2.05, 4.69) is 22.5 Å². The molecule has 0 spiro atoms. The highest BCUT2D eigenvalue weighted by Gasteiger charge is 2.42. The summed E-state index contributed by atoms with van der Waals surface area (Å²) in [6, 6.07) is 6.48. The van der Waals surface area contributed by atoms with E-state index in [-0.39, 0.29) is 0 Å². The van der Waals surface area contributed by atoms with Crippen molar-refractivity contribution >= 4 is 17.0 Å². The number of nitrogen functional groups attached to an aromatic ring is 1. The smallest absolute Gasteiger partial charge is 0.201 e. The zero-order valence-electron chi connectivity index (χ0n) is 12.7. The van der Waals surface area contributed by atoms with Crippen LogP contribution in [0.4, 0.5) is 5.95 Å². The van der Waals surface area contributed by atoms with Gasteiger partial charge < -0.3 is 15.0 Å². The maximum absolute atomic E-state index is 6.22. The Balaban J connectivity index is 1.74. The second-order valence-corrected chi connectivity index (χ2v) is 6.77. The largest absolute Gasteiger partial charge is 0.497 e. The van der Waals surface area contributed by atoms with Gasteiger partial charge in [-0.15, -0.1) is 0 Å². The van der Waals surface area contributed by atoms with Crippen LogP contribution in [0.3, 0.4) is 0 Å². The number of hydrogen-bond acceptors (Lipinski definition) is 3. The van der Waals surface area contributed by atoms with Gasteiger partial charge in [-0.2, -0.15) is 0 Å². The molecule has 1 heterocycles. The van der Waals surface area contributed by atoms with Crippen LogP contribution < -0.4 is 10.5 Å². The SMILES string of the molecule is COc1ccc2c(c1)nc(N)n2C(C)C1CC2CCC1C2. The molecule has 4 atom stereocenters. The number of methoxy groups -OCH3 is 1. The van der Waals surface area contributed by atoms with Gasteiger partial charge in [0.05, 0.1) is 18.1 Å². The quantitative estimate of drug-likeness (QED) is 0.937. The fraction of sp³-hybridized carbons (Fsp3) is 0.588. The third kappa shape index (κ3) is 1.92. The maximum atomic E-state index is 6.22. The molecule has 2 aliphatic rings. The molecule has 4 rings (SSSR count). The van der Waals surface area contributed by atoms with E-state index >= 15 is 0 Å². The number of rotatable bonds is 3. The van der Waals surface area contributed by atoms with Crippen LogP contribution in [0.2, 0.25) is 0 Å². The number of nitrogens with two attached hydrogens (primary N) is 1. The van der Waals surface area contributed by atoms with Crippen molar-refractivity contribution in [2.24, 2.45) is 17.8 Å². The van der Waals surface area contributed by atoms with Crippen LogP contribution in [0.25, 0.3) is 11.0 Å². The van der Waals surface area contributed by atoms with Gasteiger partial charge in [0.1, 0.15) is 5.75 Å². The second kappa shape index (κ2) is 4.65. The lowest BCUT2D eigenvalue weighted by atomic mass is 9.84. The van der Waals surface area contributed by atoms with Crippen molar-refractivity contribution in [1.82, 2.24) is 9.55 Å². The average Bonchev–Trinajstić information content (AvgIpc) is 3.18. The van der Waals surface area contributed by atoms with Crippen LogP contribution in [0.15, 0.2) is 18.2 Å². The average molecular weight is 285 g/mol. The van der Waals surface area contributed by atoms with Crippen LogP contribution in [0, 0.1) is 17.8 Å². The van der Waals surface area contributed by atoms with E-state index in [1.165, 1.54) is 25.7 Å². The van der Waals surface area contributed by atoms with Gasteiger partial charge in [-0.25, -0.2) is 4.98 Å². The molecule has 0 aliphatic heterocycles. The predicted molar refractivity (Wildman–Crippen MR) is 84.3 cm³/mol. The lowest BCUT2D eigenvalue weighted by Crippen LogP contribution is -2.23. The molecule has 2 saturated carbocycles. The molecule has 21 heavy (non-hydrogen) atoms. The molecule has 2 N–H and O–H groups in total. The van der Waals surface area contributed by atoms with Gasteiger partial charge in [0.25, 0.3) is 0 Å². The molecule has 2 aromatic rings. The number of ether oxygens (including phenoxy) is 1. The van der Waals surface area contributed by atoms with Crippen LogP contribution in [-0.4, -0.2) is 16.7 Å². The van der Waals surface area contributed by atoms with Gasteiger partial charge >= 0.3 is 0 Å². The molecular formula is C17H23N3O. The monoisotopic (exact) mass is 285 g/mol. The molecule has 4 unspecified atom stereocenters. The fourth-order valence-electron chi connectivity index (χ4n) is 4.73. The van der Waals surface area contributed by atoms with Crippen molar-refractivity contribution in [1.29, 1.82) is 0 Å². The number of aromatic nitrogens is 2. The van der Waals surface area contributed by atoms with Crippen molar-refractivity contribution in [2.45, 2.75) is 38.6 Å². The van der Waals surface area contributed by atoms with Crippen molar-refractivity contribution < 1.29 is 4.74 Å². The summed E-state index contributed by atoms with van der Waals surface area (Å²) in [6.45, 7) is 2.31. The second-order valence-electron chi connectivity index (χ2n) is 6.77. The van der Waals surface area contributed by atoms with Gasteiger partial charge in [-0.1, -0.05) is 6.42 Å². The Bertz CT molecular complexity index is 678. The zero-order valence-corrected chi connectivity index (χ0v) is 12.7. The van der Waals surface area contributed by atoms with E-state index in [4.69, 9.17) is 10.5 Å². The molecule has 2 fully saturated rings. The van der Waals surface area contributed by atoms with E-state index in [0.29, 0.717) is 12.0 Å². The Morgan fingerprint density at radius 3 is 2.86 bits per heavy atom. The lowest BCUT2D eigenvalue weighted by Gasteiger charge is -2.29. The van der Waals surface area contributed by atoms with Gasteiger partial charge in [0.2, 0.25) is 5.95 Å². The Hall–Kier alpha value is -1.71. The summed E-state index contributed by atoms with van der Waals surface area (Å²) in [4.78, 5) is 4.54. The normalized spacial score (nSPS) is 29.1. The number of anilines is 1. The van der Waals surface area contributed by atoms with E-state index in [9.17, 15) is 0 Å². The summed E-state index contributed by atoms with van der Waals surface area (Å²) < 4.78 is 7.52. The van der Waals surface area contributed by atoms with Crippen molar-refractivity contribution in [3.05, 3.63) is 18.2 Å². The minimum atomic E-state index is 0.429. The highest BCUT2D eigenvalue weighted by molar-refractivity contribution is 5.80. The molecule has 112 valence electrons. The number of benzene rings is 1. The van der Waals surface area contributed by atoms with Gasteiger partial charge in [-0.05, 0) is 56.1 Å². The van der Waals surface area contributed by atoms with Crippen molar-refractivity contribution in [2.75, 3.05) is 12.8 Å². The highest BCUT2D eigenvalue weighted by atomic mass is 16.5. The molecule has 0 amide bonds. The summed E-state index contributed by atoms with van der Waals surface area (Å²) >= 11 is 0.